The van der Waals surface area contributed by atoms with Gasteiger partial charge in [-0.3, -0.25) is 4.98 Å². The molecule has 2 aliphatic carbocycles. The van der Waals surface area contributed by atoms with E-state index in [0.29, 0.717) is 11.8 Å². The zero-order chi connectivity index (χ0) is 31.1. The van der Waals surface area contributed by atoms with Gasteiger partial charge in [-0.15, -0.1) is 0 Å². The number of hydrogen-bond donors (Lipinski definition) is 0. The number of nitrogens with zero attached hydrogens (tertiary/aromatic N) is 2. The highest BCUT2D eigenvalue weighted by molar-refractivity contribution is 6.07. The molecule has 0 bridgehead atoms. The van der Waals surface area contributed by atoms with Gasteiger partial charge in [-0.25, -0.2) is 0 Å². The van der Waals surface area contributed by atoms with Crippen LogP contribution in [-0.2, 0) is 11.0 Å². The molecule has 226 valence electrons. The molecule has 2 aromatic heterocycles. The van der Waals surface area contributed by atoms with E-state index < -0.39 is 0 Å². The average Bonchev–Trinajstić information content (AvgIpc) is 3.32. The lowest BCUT2D eigenvalue weighted by atomic mass is 9.67. The van der Waals surface area contributed by atoms with Crippen molar-refractivity contribution in [2.75, 3.05) is 0 Å². The summed E-state index contributed by atoms with van der Waals surface area (Å²) in [7, 11) is 0. The molecule has 1 unspecified atom stereocenters. The van der Waals surface area contributed by atoms with Gasteiger partial charge in [0.05, 0.1) is 22.3 Å². The summed E-state index contributed by atoms with van der Waals surface area (Å²) in [6, 6.07) is 27.0. The third kappa shape index (κ3) is 3.87. The number of pyridine rings is 2. The average molecular weight is 590 g/mol. The predicted octanol–water partition coefficient (Wildman–Crippen LogP) is 10.8. The number of benzene rings is 3. The van der Waals surface area contributed by atoms with Crippen molar-refractivity contribution in [3.05, 3.63) is 119 Å². The van der Waals surface area contributed by atoms with E-state index in [-0.39, 0.29) is 11.0 Å². The maximum atomic E-state index is 5.56. The molecule has 45 heavy (non-hydrogen) atoms. The molecule has 2 heteroatoms. The van der Waals surface area contributed by atoms with Crippen LogP contribution in [0, 0.1) is 11.8 Å². The van der Waals surface area contributed by atoms with Gasteiger partial charge in [-0.05, 0) is 83.0 Å². The van der Waals surface area contributed by atoms with Gasteiger partial charge in [-0.1, -0.05) is 108 Å². The van der Waals surface area contributed by atoms with Crippen LogP contribution in [0.2, 0.25) is 0 Å². The van der Waals surface area contributed by atoms with Crippen molar-refractivity contribution < 1.29 is 4.57 Å². The highest BCUT2D eigenvalue weighted by Gasteiger charge is 2.57. The van der Waals surface area contributed by atoms with Gasteiger partial charge in [0, 0.05) is 29.0 Å². The summed E-state index contributed by atoms with van der Waals surface area (Å²) in [5.41, 5.74) is 11.8. The summed E-state index contributed by atoms with van der Waals surface area (Å²) in [4.78, 5) is 5.56. The van der Waals surface area contributed by atoms with Gasteiger partial charge in [0.2, 0.25) is 11.2 Å². The Morgan fingerprint density at radius 1 is 0.800 bits per heavy atom. The lowest BCUT2D eigenvalue weighted by molar-refractivity contribution is -0.726. The molecule has 0 fully saturated rings. The van der Waals surface area contributed by atoms with Crippen molar-refractivity contribution in [3.8, 4) is 22.5 Å². The Balaban J connectivity index is 1.52. The Morgan fingerprint density at radius 2 is 1.51 bits per heavy atom. The smallest absolute Gasteiger partial charge is 0.224 e. The first-order valence-electron chi connectivity index (χ1n) is 17.3. The van der Waals surface area contributed by atoms with Crippen LogP contribution in [-0.4, -0.2) is 4.98 Å². The van der Waals surface area contributed by atoms with Crippen LogP contribution in [0.15, 0.2) is 102 Å². The fourth-order valence-electron chi connectivity index (χ4n) is 9.26. The zero-order valence-electron chi connectivity index (χ0n) is 27.7. The van der Waals surface area contributed by atoms with E-state index in [1.165, 1.54) is 86.4 Å². The largest absolute Gasteiger partial charge is 0.251 e. The Kier molecular flexibility index (Phi) is 6.47. The minimum atomic E-state index is -0.268. The van der Waals surface area contributed by atoms with E-state index in [1.807, 2.05) is 0 Å². The maximum absolute atomic E-state index is 5.56. The van der Waals surface area contributed by atoms with Crippen molar-refractivity contribution in [1.82, 2.24) is 4.98 Å². The van der Waals surface area contributed by atoms with Crippen LogP contribution in [0.3, 0.4) is 0 Å². The van der Waals surface area contributed by atoms with Gasteiger partial charge in [0.1, 0.15) is 0 Å². The summed E-state index contributed by atoms with van der Waals surface area (Å²) in [5, 5.41) is 5.31. The molecule has 3 aliphatic rings. The molecule has 0 N–H and O–H groups in total. The van der Waals surface area contributed by atoms with Gasteiger partial charge in [-0.2, -0.15) is 4.57 Å². The van der Waals surface area contributed by atoms with Crippen molar-refractivity contribution in [1.29, 1.82) is 0 Å². The lowest BCUT2D eigenvalue weighted by Crippen LogP contribution is -2.55. The lowest BCUT2D eigenvalue weighted by Gasteiger charge is -2.34. The SMILES string of the molecule is CCC(CC)C1=CC2(CC(C(CC)CC)=C1)c1cc3ccccc3c3c1-c1c4c(nc(-c5ccccc5)cc4cc[n+]12)C3(C)C. The topological polar surface area (TPSA) is 16.8 Å². The molecule has 2 nitrogen and oxygen atoms in total. The Hall–Kier alpha value is -4.04. The fraction of sp³-hybridized carbons (Fsp3) is 0.349. The van der Waals surface area contributed by atoms with Crippen LogP contribution in [0.4, 0.5) is 0 Å². The molecule has 8 rings (SSSR count). The quantitative estimate of drug-likeness (QED) is 0.173. The van der Waals surface area contributed by atoms with E-state index >= 15 is 0 Å². The summed E-state index contributed by atoms with van der Waals surface area (Å²) in [6.07, 6.45) is 13.5. The second-order valence-electron chi connectivity index (χ2n) is 14.2. The van der Waals surface area contributed by atoms with E-state index in [0.717, 1.165) is 12.1 Å². The van der Waals surface area contributed by atoms with E-state index in [4.69, 9.17) is 4.98 Å². The minimum absolute atomic E-state index is 0.252. The molecule has 1 aliphatic heterocycles. The highest BCUT2D eigenvalue weighted by atomic mass is 15.1. The fourth-order valence-corrected chi connectivity index (χ4v) is 9.26. The summed E-state index contributed by atoms with van der Waals surface area (Å²) in [6.45, 7) is 14.3. The molecule has 0 amide bonds. The number of fused-ring (bicyclic) bond motifs is 4. The van der Waals surface area contributed by atoms with Gasteiger partial charge in [0.25, 0.3) is 0 Å². The Morgan fingerprint density at radius 3 is 2.24 bits per heavy atom. The Labute approximate surface area is 268 Å². The molecule has 0 saturated carbocycles. The maximum Gasteiger partial charge on any atom is 0.224 e. The summed E-state index contributed by atoms with van der Waals surface area (Å²) < 4.78 is 2.68. The molecular formula is C43H45N2+. The second-order valence-corrected chi connectivity index (χ2v) is 14.2. The van der Waals surface area contributed by atoms with Crippen molar-refractivity contribution >= 4 is 21.5 Å². The van der Waals surface area contributed by atoms with E-state index in [1.54, 1.807) is 5.57 Å². The van der Waals surface area contributed by atoms with Gasteiger partial charge >= 0.3 is 0 Å². The van der Waals surface area contributed by atoms with E-state index in [2.05, 4.69) is 137 Å². The number of allylic oxidation sites excluding steroid dienone is 4. The Bertz CT molecular complexity index is 2050. The monoisotopic (exact) mass is 589 g/mol. The molecule has 3 aromatic carbocycles. The summed E-state index contributed by atoms with van der Waals surface area (Å²) in [5.74, 6) is 1.16. The van der Waals surface area contributed by atoms with Gasteiger partial charge < -0.3 is 0 Å². The van der Waals surface area contributed by atoms with Crippen molar-refractivity contribution in [2.45, 2.75) is 84.6 Å². The number of aromatic nitrogens is 2. The second kappa shape index (κ2) is 10.2. The molecule has 1 atom stereocenters. The molecular weight excluding hydrogens is 544 g/mol. The van der Waals surface area contributed by atoms with Gasteiger partial charge in [0.15, 0.2) is 6.20 Å². The van der Waals surface area contributed by atoms with E-state index in [9.17, 15) is 0 Å². The van der Waals surface area contributed by atoms with Crippen molar-refractivity contribution in [2.24, 2.45) is 11.8 Å². The highest BCUT2D eigenvalue weighted by Crippen LogP contribution is 2.58. The van der Waals surface area contributed by atoms with Crippen LogP contribution in [0.25, 0.3) is 44.1 Å². The molecule has 1 spiro atoms. The first kappa shape index (κ1) is 28.4. The van der Waals surface area contributed by atoms with Crippen LogP contribution >= 0.6 is 0 Å². The number of rotatable bonds is 7. The summed E-state index contributed by atoms with van der Waals surface area (Å²) >= 11 is 0. The zero-order valence-corrected chi connectivity index (χ0v) is 27.7. The first-order chi connectivity index (χ1) is 21.9. The third-order valence-electron chi connectivity index (χ3n) is 11.6. The van der Waals surface area contributed by atoms with Crippen LogP contribution < -0.4 is 4.57 Å². The predicted molar refractivity (Wildman–Crippen MR) is 188 cm³/mol. The molecule has 3 heterocycles. The molecule has 0 radical (unpaired) electrons. The van der Waals surface area contributed by atoms with Crippen LogP contribution in [0.5, 0.6) is 0 Å². The third-order valence-corrected chi connectivity index (χ3v) is 11.6. The first-order valence-corrected chi connectivity index (χ1v) is 17.3. The molecule has 5 aromatic rings. The normalized spacial score (nSPS) is 19.2. The minimum Gasteiger partial charge on any atom is -0.251 e. The van der Waals surface area contributed by atoms with Crippen LogP contribution in [0.1, 0.15) is 90.5 Å². The standard InChI is InChI=1S/C43H45N2/c1-7-27(8-2)32-22-33(28(9-3)10-4)26-43(25-32)35-23-30-18-14-15-19-34(30)39-38(35)40-37-31(20-21-45(40)43)24-36(29-16-12-11-13-17-29)44-41(37)42(39,5)6/h11-25,27-28H,7-10,26H2,1-6H3/q+1. The number of hydrogen-bond acceptors (Lipinski definition) is 1. The van der Waals surface area contributed by atoms with Crippen molar-refractivity contribution in [3.63, 3.8) is 0 Å². The molecule has 0 saturated heterocycles.